The summed E-state index contributed by atoms with van der Waals surface area (Å²) >= 11 is 1.80. The van der Waals surface area contributed by atoms with Gasteiger partial charge in [-0.25, -0.2) is 0 Å². The third-order valence-electron chi connectivity index (χ3n) is 2.55. The maximum Gasteiger partial charge on any atom is 0.234 e. The maximum absolute atomic E-state index is 11.6. The lowest BCUT2D eigenvalue weighted by molar-refractivity contribution is -0.119. The number of rotatable bonds is 7. The van der Waals surface area contributed by atoms with Gasteiger partial charge in [0.05, 0.1) is 12.2 Å². The first kappa shape index (κ1) is 12.6. The summed E-state index contributed by atoms with van der Waals surface area (Å²) in [5, 5.41) is 3.89. The van der Waals surface area contributed by atoms with Crippen LogP contribution in [0.3, 0.4) is 0 Å². The Morgan fingerprint density at radius 3 is 2.94 bits per heavy atom. The molecule has 1 saturated carbocycles. The summed E-state index contributed by atoms with van der Waals surface area (Å²) < 4.78 is 5.08. The van der Waals surface area contributed by atoms with E-state index in [1.54, 1.807) is 11.8 Å². The molecule has 2 rings (SSSR count). The zero-order valence-corrected chi connectivity index (χ0v) is 11.1. The quantitative estimate of drug-likeness (QED) is 0.748. The molecule has 1 aliphatic rings. The fourth-order valence-corrected chi connectivity index (χ4v) is 2.39. The average Bonchev–Trinajstić information content (AvgIpc) is 3.02. The molecule has 1 aliphatic carbocycles. The zero-order valence-electron chi connectivity index (χ0n) is 10.3. The number of nitrogens with zero attached hydrogens (tertiary/aromatic N) is 2. The van der Waals surface area contributed by atoms with Crippen LogP contribution in [0.1, 0.15) is 38.4 Å². The number of carbonyl (C=O) groups is 1. The van der Waals surface area contributed by atoms with Crippen molar-refractivity contribution in [3.05, 3.63) is 11.7 Å². The lowest BCUT2D eigenvalue weighted by Gasteiger charge is -2.00. The second kappa shape index (κ2) is 5.67. The Morgan fingerprint density at radius 2 is 2.29 bits per heavy atom. The molecular formula is C12H18N2O2S. The van der Waals surface area contributed by atoms with E-state index < -0.39 is 0 Å². The van der Waals surface area contributed by atoms with Crippen LogP contribution in [0.2, 0.25) is 0 Å². The van der Waals surface area contributed by atoms with E-state index in [2.05, 4.69) is 24.0 Å². The van der Waals surface area contributed by atoms with Gasteiger partial charge in [-0.3, -0.25) is 4.79 Å². The summed E-state index contributed by atoms with van der Waals surface area (Å²) in [5.74, 6) is 4.21. The lowest BCUT2D eigenvalue weighted by Crippen LogP contribution is -2.04. The predicted octanol–water partition coefficient (Wildman–Crippen LogP) is 2.48. The first-order valence-electron chi connectivity index (χ1n) is 6.07. The summed E-state index contributed by atoms with van der Waals surface area (Å²) in [6, 6.07) is 0. The maximum atomic E-state index is 11.6. The van der Waals surface area contributed by atoms with E-state index >= 15 is 0 Å². The van der Waals surface area contributed by atoms with Crippen LogP contribution in [0.25, 0.3) is 0 Å². The van der Waals surface area contributed by atoms with Crippen LogP contribution in [0.5, 0.6) is 0 Å². The summed E-state index contributed by atoms with van der Waals surface area (Å²) in [4.78, 5) is 15.8. The first-order chi connectivity index (χ1) is 8.15. The molecule has 0 aliphatic heterocycles. The van der Waals surface area contributed by atoms with Crippen molar-refractivity contribution in [2.24, 2.45) is 11.8 Å². The molecule has 0 atom stereocenters. The molecule has 94 valence electrons. The highest BCUT2D eigenvalue weighted by atomic mass is 32.2. The van der Waals surface area contributed by atoms with E-state index in [0.717, 1.165) is 24.3 Å². The Hall–Kier alpha value is -0.840. The van der Waals surface area contributed by atoms with Gasteiger partial charge in [0.1, 0.15) is 5.78 Å². The topological polar surface area (TPSA) is 56.0 Å². The number of Topliss-reactive ketones (excluding diaryl/α,β-unsaturated/α-hetero) is 1. The largest absolute Gasteiger partial charge is 0.339 e. The van der Waals surface area contributed by atoms with Crippen LogP contribution in [-0.4, -0.2) is 21.7 Å². The van der Waals surface area contributed by atoms with E-state index in [1.807, 2.05) is 0 Å². The average molecular weight is 254 g/mol. The first-order valence-corrected chi connectivity index (χ1v) is 7.22. The van der Waals surface area contributed by atoms with Crippen LogP contribution in [0.4, 0.5) is 0 Å². The van der Waals surface area contributed by atoms with Crippen LogP contribution in [0, 0.1) is 11.8 Å². The van der Waals surface area contributed by atoms with Gasteiger partial charge in [0, 0.05) is 5.92 Å². The standard InChI is InChI=1S/C12H18N2O2S/c1-8(2)6-17-7-11-13-12(16-14-11)5-10(15)9-3-4-9/h8-9H,3-7H2,1-2H3. The van der Waals surface area contributed by atoms with Gasteiger partial charge in [0.2, 0.25) is 5.89 Å². The van der Waals surface area contributed by atoms with Gasteiger partial charge in [-0.15, -0.1) is 0 Å². The highest BCUT2D eigenvalue weighted by molar-refractivity contribution is 7.98. The molecule has 5 heteroatoms. The molecule has 0 amide bonds. The molecule has 0 radical (unpaired) electrons. The lowest BCUT2D eigenvalue weighted by atomic mass is 10.2. The van der Waals surface area contributed by atoms with E-state index in [0.29, 0.717) is 24.1 Å². The van der Waals surface area contributed by atoms with E-state index in [9.17, 15) is 4.79 Å². The molecule has 0 N–H and O–H groups in total. The minimum Gasteiger partial charge on any atom is -0.339 e. The molecule has 1 heterocycles. The van der Waals surface area contributed by atoms with Crippen molar-refractivity contribution in [3.8, 4) is 0 Å². The van der Waals surface area contributed by atoms with Gasteiger partial charge in [-0.1, -0.05) is 19.0 Å². The van der Waals surface area contributed by atoms with Crippen LogP contribution >= 0.6 is 11.8 Å². The molecule has 1 aromatic rings. The fourth-order valence-electron chi connectivity index (χ4n) is 1.51. The third kappa shape index (κ3) is 4.15. The molecule has 1 fully saturated rings. The van der Waals surface area contributed by atoms with Gasteiger partial charge in [0.25, 0.3) is 0 Å². The van der Waals surface area contributed by atoms with Gasteiger partial charge in [-0.2, -0.15) is 16.7 Å². The minimum atomic E-state index is 0.245. The molecule has 0 spiro atoms. The Balaban J connectivity index is 1.76. The minimum absolute atomic E-state index is 0.245. The van der Waals surface area contributed by atoms with Crippen molar-refractivity contribution >= 4 is 17.5 Å². The van der Waals surface area contributed by atoms with Crippen molar-refractivity contribution in [1.29, 1.82) is 0 Å². The van der Waals surface area contributed by atoms with Crippen LogP contribution in [-0.2, 0) is 17.0 Å². The second-order valence-electron chi connectivity index (χ2n) is 4.93. The Labute approximate surface area is 106 Å². The Kier molecular flexibility index (Phi) is 4.20. The normalized spacial score (nSPS) is 15.5. The van der Waals surface area contributed by atoms with Crippen molar-refractivity contribution in [2.75, 3.05) is 5.75 Å². The van der Waals surface area contributed by atoms with Gasteiger partial charge >= 0.3 is 0 Å². The molecule has 0 saturated heterocycles. The van der Waals surface area contributed by atoms with Crippen molar-refractivity contribution < 1.29 is 9.32 Å². The van der Waals surface area contributed by atoms with E-state index in [1.165, 1.54) is 0 Å². The number of carbonyl (C=O) groups excluding carboxylic acids is 1. The smallest absolute Gasteiger partial charge is 0.234 e. The highest BCUT2D eigenvalue weighted by Gasteiger charge is 2.30. The molecular weight excluding hydrogens is 236 g/mol. The van der Waals surface area contributed by atoms with Crippen molar-refractivity contribution in [1.82, 2.24) is 10.1 Å². The summed E-state index contributed by atoms with van der Waals surface area (Å²) in [7, 11) is 0. The predicted molar refractivity (Wildman–Crippen MR) is 66.7 cm³/mol. The molecule has 0 aromatic carbocycles. The summed E-state index contributed by atoms with van der Waals surface area (Å²) in [6.45, 7) is 4.37. The van der Waals surface area contributed by atoms with E-state index in [4.69, 9.17) is 4.52 Å². The Bertz CT molecular complexity index is 386. The highest BCUT2D eigenvalue weighted by Crippen LogP contribution is 2.30. The molecule has 0 unspecified atom stereocenters. The van der Waals surface area contributed by atoms with E-state index in [-0.39, 0.29) is 11.7 Å². The molecule has 4 nitrogen and oxygen atoms in total. The zero-order chi connectivity index (χ0) is 12.3. The Morgan fingerprint density at radius 1 is 1.53 bits per heavy atom. The number of aromatic nitrogens is 2. The second-order valence-corrected chi connectivity index (χ2v) is 5.96. The number of hydrogen-bond donors (Lipinski definition) is 0. The molecule has 1 aromatic heterocycles. The monoisotopic (exact) mass is 254 g/mol. The van der Waals surface area contributed by atoms with Gasteiger partial charge in [-0.05, 0) is 24.5 Å². The fraction of sp³-hybridized carbons (Fsp3) is 0.750. The van der Waals surface area contributed by atoms with Crippen molar-refractivity contribution in [3.63, 3.8) is 0 Å². The number of thioether (sulfide) groups is 1. The molecule has 0 bridgehead atoms. The SMILES string of the molecule is CC(C)CSCc1noc(CC(=O)C2CC2)n1. The van der Waals surface area contributed by atoms with Crippen LogP contribution in [0.15, 0.2) is 4.52 Å². The van der Waals surface area contributed by atoms with Gasteiger partial charge in [0.15, 0.2) is 5.82 Å². The van der Waals surface area contributed by atoms with Crippen LogP contribution < -0.4 is 0 Å². The molecule has 17 heavy (non-hydrogen) atoms. The summed E-state index contributed by atoms with van der Waals surface area (Å²) in [5.41, 5.74) is 0. The summed E-state index contributed by atoms with van der Waals surface area (Å²) in [6.07, 6.45) is 2.38. The van der Waals surface area contributed by atoms with Crippen molar-refractivity contribution in [2.45, 2.75) is 38.9 Å². The number of hydrogen-bond acceptors (Lipinski definition) is 5. The van der Waals surface area contributed by atoms with Gasteiger partial charge < -0.3 is 4.52 Å². The number of ketones is 1. The third-order valence-corrected chi connectivity index (χ3v) is 3.92.